The van der Waals surface area contributed by atoms with Gasteiger partial charge in [0.1, 0.15) is 0 Å². The van der Waals surface area contributed by atoms with E-state index in [1.54, 1.807) is 13.2 Å². The van der Waals surface area contributed by atoms with Gasteiger partial charge in [-0.25, -0.2) is 9.97 Å². The second-order valence-corrected chi connectivity index (χ2v) is 6.07. The Morgan fingerprint density at radius 3 is 2.74 bits per heavy atom. The topological polar surface area (TPSA) is 71.4 Å². The third-order valence-corrected chi connectivity index (χ3v) is 4.18. The summed E-state index contributed by atoms with van der Waals surface area (Å²) in [5.74, 6) is 1.09. The molecule has 150 valence electrons. The van der Waals surface area contributed by atoms with Gasteiger partial charge in [0.2, 0.25) is 5.88 Å². The number of guanidine groups is 1. The van der Waals surface area contributed by atoms with Gasteiger partial charge in [0, 0.05) is 43.7 Å². The Morgan fingerprint density at radius 2 is 2.11 bits per heavy atom. The predicted molar refractivity (Wildman–Crippen MR) is 110 cm³/mol. The van der Waals surface area contributed by atoms with Crippen LogP contribution in [0.15, 0.2) is 28.7 Å². The van der Waals surface area contributed by atoms with E-state index in [2.05, 4.69) is 25.6 Å². The molecular formula is C16H21F3IN5OS. The standard InChI is InChI=1S/C16H20F3N5OS.HI/c1-3-25-14-11(5-4-7-21-14)9-23-15(20-2)22-8-6-13-24-12(10-26-13)16(17,18)19;/h4-5,7,10H,3,6,8-9H2,1-2H3,(H2,20,22,23);1H. The first-order valence-electron chi connectivity index (χ1n) is 7.96. The normalized spacial score (nSPS) is 11.7. The van der Waals surface area contributed by atoms with E-state index in [1.165, 1.54) is 0 Å². The molecule has 2 aromatic heterocycles. The highest BCUT2D eigenvalue weighted by Gasteiger charge is 2.33. The van der Waals surface area contributed by atoms with Crippen LogP contribution < -0.4 is 15.4 Å². The van der Waals surface area contributed by atoms with Gasteiger partial charge in [0.15, 0.2) is 11.7 Å². The predicted octanol–water partition coefficient (Wildman–Crippen LogP) is 3.48. The van der Waals surface area contributed by atoms with Crippen molar-refractivity contribution >= 4 is 41.3 Å². The smallest absolute Gasteiger partial charge is 0.434 e. The van der Waals surface area contributed by atoms with E-state index in [9.17, 15) is 13.2 Å². The summed E-state index contributed by atoms with van der Waals surface area (Å²) in [5, 5.41) is 7.62. The van der Waals surface area contributed by atoms with E-state index < -0.39 is 11.9 Å². The fourth-order valence-electron chi connectivity index (χ4n) is 2.07. The van der Waals surface area contributed by atoms with Gasteiger partial charge in [-0.05, 0) is 13.0 Å². The molecule has 0 saturated carbocycles. The molecule has 0 atom stereocenters. The zero-order valence-electron chi connectivity index (χ0n) is 14.8. The summed E-state index contributed by atoms with van der Waals surface area (Å²) in [5.41, 5.74) is 0.0343. The molecule has 0 bridgehead atoms. The lowest BCUT2D eigenvalue weighted by atomic mass is 10.2. The Hall–Kier alpha value is -1.63. The van der Waals surface area contributed by atoms with Crippen molar-refractivity contribution in [2.75, 3.05) is 20.2 Å². The average Bonchev–Trinajstić information content (AvgIpc) is 3.08. The number of aromatic nitrogens is 2. The van der Waals surface area contributed by atoms with E-state index in [-0.39, 0.29) is 24.0 Å². The van der Waals surface area contributed by atoms with Crippen LogP contribution in [0.1, 0.15) is 23.2 Å². The third kappa shape index (κ3) is 7.48. The fourth-order valence-corrected chi connectivity index (χ4v) is 2.87. The first kappa shape index (κ1) is 23.4. The van der Waals surface area contributed by atoms with Crippen LogP contribution in [-0.4, -0.2) is 36.1 Å². The zero-order valence-corrected chi connectivity index (χ0v) is 18.0. The number of alkyl halides is 3. The minimum Gasteiger partial charge on any atom is -0.478 e. The van der Waals surface area contributed by atoms with Crippen LogP contribution in [0.2, 0.25) is 0 Å². The molecule has 2 rings (SSSR count). The Bertz CT molecular complexity index is 739. The number of thiazole rings is 1. The summed E-state index contributed by atoms with van der Waals surface area (Å²) in [6, 6.07) is 3.71. The van der Waals surface area contributed by atoms with Crippen molar-refractivity contribution in [2.45, 2.75) is 26.1 Å². The summed E-state index contributed by atoms with van der Waals surface area (Å²) >= 11 is 0.997. The number of pyridine rings is 1. The van der Waals surface area contributed by atoms with Crippen LogP contribution in [-0.2, 0) is 19.1 Å². The number of nitrogens with one attached hydrogen (secondary N) is 2. The number of ether oxygens (including phenoxy) is 1. The number of halogens is 4. The fraction of sp³-hybridized carbons (Fsp3) is 0.438. The first-order chi connectivity index (χ1) is 12.4. The monoisotopic (exact) mass is 515 g/mol. The van der Waals surface area contributed by atoms with E-state index in [0.29, 0.717) is 43.0 Å². The number of hydrogen-bond acceptors (Lipinski definition) is 5. The SMILES string of the molecule is CCOc1ncccc1CNC(=NC)NCCc1nc(C(F)(F)F)cs1.I. The Balaban J connectivity index is 0.00000364. The van der Waals surface area contributed by atoms with Crippen molar-refractivity contribution in [3.63, 3.8) is 0 Å². The summed E-state index contributed by atoms with van der Waals surface area (Å²) in [4.78, 5) is 11.9. The molecule has 2 heterocycles. The average molecular weight is 515 g/mol. The van der Waals surface area contributed by atoms with Crippen molar-refractivity contribution in [1.29, 1.82) is 0 Å². The molecule has 0 saturated heterocycles. The molecule has 27 heavy (non-hydrogen) atoms. The number of rotatable bonds is 7. The molecule has 0 amide bonds. The zero-order chi connectivity index (χ0) is 19.0. The summed E-state index contributed by atoms with van der Waals surface area (Å²) in [6.07, 6.45) is -2.37. The maximum Gasteiger partial charge on any atom is 0.434 e. The molecule has 0 fully saturated rings. The van der Waals surface area contributed by atoms with E-state index in [1.807, 2.05) is 19.1 Å². The van der Waals surface area contributed by atoms with Gasteiger partial charge in [-0.2, -0.15) is 13.2 Å². The summed E-state index contributed by atoms with van der Waals surface area (Å²) in [6.45, 7) is 3.27. The van der Waals surface area contributed by atoms with Crippen LogP contribution in [0.25, 0.3) is 0 Å². The molecule has 11 heteroatoms. The molecule has 0 radical (unpaired) electrons. The van der Waals surface area contributed by atoms with E-state index >= 15 is 0 Å². The van der Waals surface area contributed by atoms with Crippen molar-refractivity contribution < 1.29 is 17.9 Å². The molecule has 0 unspecified atom stereocenters. The van der Waals surface area contributed by atoms with Crippen molar-refractivity contribution in [3.8, 4) is 5.88 Å². The van der Waals surface area contributed by atoms with Gasteiger partial charge >= 0.3 is 6.18 Å². The van der Waals surface area contributed by atoms with Crippen LogP contribution in [0.3, 0.4) is 0 Å². The summed E-state index contributed by atoms with van der Waals surface area (Å²) < 4.78 is 43.1. The highest BCUT2D eigenvalue weighted by molar-refractivity contribution is 14.0. The molecule has 6 nitrogen and oxygen atoms in total. The first-order valence-corrected chi connectivity index (χ1v) is 8.84. The van der Waals surface area contributed by atoms with Gasteiger partial charge in [-0.1, -0.05) is 6.07 Å². The number of aliphatic imine (C=N–C) groups is 1. The van der Waals surface area contributed by atoms with Crippen molar-refractivity contribution in [3.05, 3.63) is 40.0 Å². The van der Waals surface area contributed by atoms with Crippen LogP contribution >= 0.6 is 35.3 Å². The molecule has 2 aromatic rings. The maximum absolute atomic E-state index is 12.5. The molecule has 0 aliphatic rings. The van der Waals surface area contributed by atoms with Crippen LogP contribution in [0.4, 0.5) is 13.2 Å². The summed E-state index contributed by atoms with van der Waals surface area (Å²) in [7, 11) is 1.62. The van der Waals surface area contributed by atoms with Crippen LogP contribution in [0, 0.1) is 0 Å². The lowest BCUT2D eigenvalue weighted by molar-refractivity contribution is -0.140. The van der Waals surface area contributed by atoms with Crippen LogP contribution in [0.5, 0.6) is 5.88 Å². The minimum atomic E-state index is -4.40. The highest BCUT2D eigenvalue weighted by atomic mass is 127. The molecular weight excluding hydrogens is 494 g/mol. The molecule has 0 aromatic carbocycles. The molecule has 0 aliphatic heterocycles. The number of hydrogen-bond donors (Lipinski definition) is 2. The quantitative estimate of drug-likeness (QED) is 0.336. The lowest BCUT2D eigenvalue weighted by Crippen LogP contribution is -2.38. The largest absolute Gasteiger partial charge is 0.478 e. The highest BCUT2D eigenvalue weighted by Crippen LogP contribution is 2.29. The van der Waals surface area contributed by atoms with Gasteiger partial charge in [-0.15, -0.1) is 35.3 Å². The Kier molecular flexibility index (Phi) is 9.77. The van der Waals surface area contributed by atoms with Gasteiger partial charge in [0.05, 0.1) is 11.6 Å². The van der Waals surface area contributed by atoms with Crippen molar-refractivity contribution in [2.24, 2.45) is 4.99 Å². The number of nitrogens with zero attached hydrogens (tertiary/aromatic N) is 3. The third-order valence-electron chi connectivity index (χ3n) is 3.27. The molecule has 0 aliphatic carbocycles. The van der Waals surface area contributed by atoms with Crippen molar-refractivity contribution in [1.82, 2.24) is 20.6 Å². The molecule has 2 N–H and O–H groups in total. The van der Waals surface area contributed by atoms with E-state index in [0.717, 1.165) is 22.3 Å². The van der Waals surface area contributed by atoms with E-state index in [4.69, 9.17) is 4.74 Å². The second kappa shape index (κ2) is 11.3. The lowest BCUT2D eigenvalue weighted by Gasteiger charge is -2.13. The second-order valence-electron chi connectivity index (χ2n) is 5.13. The molecule has 0 spiro atoms. The Morgan fingerprint density at radius 1 is 1.33 bits per heavy atom. The van der Waals surface area contributed by atoms with Gasteiger partial charge in [0.25, 0.3) is 0 Å². The van der Waals surface area contributed by atoms with Gasteiger partial charge in [-0.3, -0.25) is 4.99 Å². The maximum atomic E-state index is 12.5. The van der Waals surface area contributed by atoms with Gasteiger partial charge < -0.3 is 15.4 Å². The Labute approximate surface area is 176 Å². The minimum absolute atomic E-state index is 0.